The Bertz CT molecular complexity index is 986. The Labute approximate surface area is 183 Å². The largest absolute Gasteiger partial charge is 0.492 e. The monoisotopic (exact) mass is 424 g/mol. The van der Waals surface area contributed by atoms with Crippen LogP contribution in [0, 0.1) is 0 Å². The van der Waals surface area contributed by atoms with Crippen molar-refractivity contribution in [2.24, 2.45) is 0 Å². The van der Waals surface area contributed by atoms with Crippen LogP contribution in [-0.2, 0) is 14.9 Å². The van der Waals surface area contributed by atoms with E-state index in [0.717, 1.165) is 5.56 Å². The summed E-state index contributed by atoms with van der Waals surface area (Å²) >= 11 is 0. The first-order valence-corrected chi connectivity index (χ1v) is 9.65. The molecule has 164 valence electrons. The Kier molecular flexibility index (Phi) is 7.78. The van der Waals surface area contributed by atoms with Gasteiger partial charge in [-0.3, -0.25) is 9.59 Å². The lowest BCUT2D eigenvalue weighted by molar-refractivity contribution is -0.132. The second-order valence-corrected chi connectivity index (χ2v) is 7.46. The van der Waals surface area contributed by atoms with E-state index in [-0.39, 0.29) is 29.6 Å². The number of carbonyl (C=O) groups excluding carboxylic acids is 2. The molecule has 0 radical (unpaired) electrons. The number of rotatable bonds is 10. The van der Waals surface area contributed by atoms with Gasteiger partial charge in [0, 0.05) is 36.1 Å². The number of esters is 1. The third-order valence-electron chi connectivity index (χ3n) is 4.83. The lowest BCUT2D eigenvalue weighted by Crippen LogP contribution is -2.15. The number of benzene rings is 2. The van der Waals surface area contributed by atoms with E-state index in [4.69, 9.17) is 18.9 Å². The zero-order valence-electron chi connectivity index (χ0n) is 18.6. The van der Waals surface area contributed by atoms with Crippen LogP contribution >= 0.6 is 0 Å². The highest BCUT2D eigenvalue weighted by Gasteiger charge is 2.25. The molecular formula is C25H28O6. The number of methoxy groups -OCH3 is 2. The van der Waals surface area contributed by atoms with E-state index < -0.39 is 11.4 Å². The van der Waals surface area contributed by atoms with Gasteiger partial charge in [0.05, 0.1) is 7.11 Å². The molecule has 0 N–H and O–H groups in total. The molecular weight excluding hydrogens is 396 g/mol. The van der Waals surface area contributed by atoms with Gasteiger partial charge in [-0.2, -0.15) is 0 Å². The van der Waals surface area contributed by atoms with Gasteiger partial charge in [0.1, 0.15) is 5.75 Å². The summed E-state index contributed by atoms with van der Waals surface area (Å²) in [4.78, 5) is 24.8. The molecule has 0 aliphatic rings. The van der Waals surface area contributed by atoms with Crippen LogP contribution in [0.2, 0.25) is 0 Å². The minimum Gasteiger partial charge on any atom is -0.492 e. The van der Waals surface area contributed by atoms with E-state index in [2.05, 4.69) is 13.2 Å². The van der Waals surface area contributed by atoms with Gasteiger partial charge in [-0.1, -0.05) is 26.5 Å². The Morgan fingerprint density at radius 3 is 2.26 bits per heavy atom. The fourth-order valence-corrected chi connectivity index (χ4v) is 2.88. The number of Topliss-reactive ketones (excluding diaryl/α,β-unsaturated/α-hetero) is 1. The average molecular weight is 424 g/mol. The summed E-state index contributed by atoms with van der Waals surface area (Å²) in [5.74, 6) is 0.265. The number of allylic oxidation sites excluding steroid dienone is 2. The molecule has 0 saturated heterocycles. The first-order chi connectivity index (χ1) is 14.6. The molecule has 2 aromatic carbocycles. The standard InChI is InChI=1S/C25H28O6/c1-8-25(4,5)19-13-21(24(29-7)22(14-19)31-17(3)26)16(2)23(27)18-9-11-20(12-10-18)30-15-28-6/h8-14H,1-2,15H2,3-7H3. The number of carbonyl (C=O) groups is 2. The molecule has 0 atom stereocenters. The molecule has 0 aromatic heterocycles. The first-order valence-electron chi connectivity index (χ1n) is 9.65. The molecule has 0 aliphatic heterocycles. The van der Waals surface area contributed by atoms with E-state index in [1.807, 2.05) is 19.9 Å². The predicted octanol–water partition coefficient (Wildman–Crippen LogP) is 4.96. The fraction of sp³-hybridized carbons (Fsp3) is 0.280. The molecule has 0 bridgehead atoms. The number of hydrogen-bond donors (Lipinski definition) is 0. The Balaban J connectivity index is 2.52. The van der Waals surface area contributed by atoms with Crippen LogP contribution in [-0.4, -0.2) is 32.8 Å². The van der Waals surface area contributed by atoms with Gasteiger partial charge in [0.2, 0.25) is 0 Å². The van der Waals surface area contributed by atoms with Crippen LogP contribution in [0.25, 0.3) is 5.57 Å². The van der Waals surface area contributed by atoms with Gasteiger partial charge < -0.3 is 18.9 Å². The summed E-state index contributed by atoms with van der Waals surface area (Å²) in [6.07, 6.45) is 1.78. The molecule has 0 unspecified atom stereocenters. The predicted molar refractivity (Wildman–Crippen MR) is 120 cm³/mol. The van der Waals surface area contributed by atoms with E-state index >= 15 is 0 Å². The third-order valence-corrected chi connectivity index (χ3v) is 4.83. The van der Waals surface area contributed by atoms with E-state index in [1.54, 1.807) is 36.4 Å². The van der Waals surface area contributed by atoms with Crippen LogP contribution in [0.5, 0.6) is 17.2 Å². The highest BCUT2D eigenvalue weighted by molar-refractivity contribution is 6.29. The topological polar surface area (TPSA) is 71.1 Å². The van der Waals surface area contributed by atoms with Crippen molar-refractivity contribution in [3.05, 3.63) is 72.3 Å². The van der Waals surface area contributed by atoms with E-state index in [1.165, 1.54) is 21.1 Å². The Hall–Kier alpha value is -3.38. The van der Waals surface area contributed by atoms with Crippen molar-refractivity contribution < 1.29 is 28.5 Å². The van der Waals surface area contributed by atoms with Crippen molar-refractivity contribution in [1.82, 2.24) is 0 Å². The average Bonchev–Trinajstić information content (AvgIpc) is 2.76. The van der Waals surface area contributed by atoms with Crippen molar-refractivity contribution in [1.29, 1.82) is 0 Å². The maximum Gasteiger partial charge on any atom is 0.308 e. The molecule has 0 spiro atoms. The molecule has 31 heavy (non-hydrogen) atoms. The van der Waals surface area contributed by atoms with Crippen molar-refractivity contribution in [3.8, 4) is 17.2 Å². The highest BCUT2D eigenvalue weighted by Crippen LogP contribution is 2.41. The smallest absolute Gasteiger partial charge is 0.308 e. The minimum absolute atomic E-state index is 0.113. The number of ether oxygens (including phenoxy) is 4. The third kappa shape index (κ3) is 5.61. The van der Waals surface area contributed by atoms with Crippen molar-refractivity contribution in [2.45, 2.75) is 26.2 Å². The molecule has 0 heterocycles. The minimum atomic E-state index is -0.499. The molecule has 0 aliphatic carbocycles. The Morgan fingerprint density at radius 2 is 1.74 bits per heavy atom. The second-order valence-electron chi connectivity index (χ2n) is 7.46. The first kappa shape index (κ1) is 23.9. The molecule has 2 aromatic rings. The molecule has 6 heteroatoms. The highest BCUT2D eigenvalue weighted by atomic mass is 16.7. The zero-order chi connectivity index (χ0) is 23.2. The van der Waals surface area contributed by atoms with Crippen molar-refractivity contribution in [2.75, 3.05) is 21.0 Å². The summed E-state index contributed by atoms with van der Waals surface area (Å²) in [7, 11) is 2.98. The van der Waals surface area contributed by atoms with E-state index in [9.17, 15) is 9.59 Å². The molecule has 2 rings (SSSR count). The summed E-state index contributed by atoms with van der Waals surface area (Å²) in [5, 5.41) is 0. The molecule has 0 saturated carbocycles. The molecule has 6 nitrogen and oxygen atoms in total. The fourth-order valence-electron chi connectivity index (χ4n) is 2.88. The Morgan fingerprint density at radius 1 is 1.10 bits per heavy atom. The molecule has 0 amide bonds. The van der Waals surface area contributed by atoms with Crippen molar-refractivity contribution >= 4 is 17.3 Å². The maximum absolute atomic E-state index is 13.2. The summed E-state index contributed by atoms with van der Waals surface area (Å²) in [6.45, 7) is 13.2. The van der Waals surface area contributed by atoms with Crippen LogP contribution in [0.4, 0.5) is 0 Å². The van der Waals surface area contributed by atoms with Crippen molar-refractivity contribution in [3.63, 3.8) is 0 Å². The summed E-state index contributed by atoms with van der Waals surface area (Å²) < 4.78 is 21.1. The lowest BCUT2D eigenvalue weighted by Gasteiger charge is -2.24. The number of hydrogen-bond acceptors (Lipinski definition) is 6. The summed E-state index contributed by atoms with van der Waals surface area (Å²) in [6, 6.07) is 10.2. The van der Waals surface area contributed by atoms with Gasteiger partial charge in [-0.05, 0) is 42.0 Å². The van der Waals surface area contributed by atoms with Crippen LogP contribution in [0.15, 0.2) is 55.6 Å². The van der Waals surface area contributed by atoms with Gasteiger partial charge in [-0.25, -0.2) is 0 Å². The molecule has 0 fully saturated rings. The van der Waals surface area contributed by atoms with Crippen LogP contribution < -0.4 is 14.2 Å². The number of ketones is 1. The quantitative estimate of drug-likeness (QED) is 0.134. The SMILES string of the molecule is C=CC(C)(C)c1cc(OC(C)=O)c(OC)c(C(=C)C(=O)c2ccc(OCOC)cc2)c1. The van der Waals surface area contributed by atoms with Crippen LogP contribution in [0.1, 0.15) is 42.3 Å². The zero-order valence-corrected chi connectivity index (χ0v) is 18.6. The normalized spacial score (nSPS) is 10.9. The second kappa shape index (κ2) is 10.1. The van der Waals surface area contributed by atoms with Gasteiger partial charge >= 0.3 is 5.97 Å². The van der Waals surface area contributed by atoms with Gasteiger partial charge in [-0.15, -0.1) is 6.58 Å². The maximum atomic E-state index is 13.2. The lowest BCUT2D eigenvalue weighted by atomic mass is 9.82. The van der Waals surface area contributed by atoms with Crippen LogP contribution in [0.3, 0.4) is 0 Å². The van der Waals surface area contributed by atoms with Gasteiger partial charge in [0.25, 0.3) is 0 Å². The summed E-state index contributed by atoms with van der Waals surface area (Å²) in [5.41, 5.74) is 1.43. The van der Waals surface area contributed by atoms with E-state index in [0.29, 0.717) is 16.9 Å². The van der Waals surface area contributed by atoms with Gasteiger partial charge in [0.15, 0.2) is 24.1 Å².